The van der Waals surface area contributed by atoms with Crippen molar-refractivity contribution >= 4 is 17.2 Å². The van der Waals surface area contributed by atoms with Gasteiger partial charge in [-0.3, -0.25) is 4.79 Å². The summed E-state index contributed by atoms with van der Waals surface area (Å²) in [5.74, 6) is 1.91. The Morgan fingerprint density at radius 1 is 1.38 bits per heavy atom. The predicted octanol–water partition coefficient (Wildman–Crippen LogP) is 1.92. The van der Waals surface area contributed by atoms with Crippen molar-refractivity contribution in [1.82, 2.24) is 20.4 Å². The van der Waals surface area contributed by atoms with E-state index in [0.29, 0.717) is 31.2 Å². The molecule has 0 bridgehead atoms. The van der Waals surface area contributed by atoms with Crippen LogP contribution in [0.1, 0.15) is 46.1 Å². The zero-order valence-electron chi connectivity index (χ0n) is 12.2. The van der Waals surface area contributed by atoms with Crippen molar-refractivity contribution in [2.45, 2.75) is 45.4 Å². The Bertz CT molecular complexity index is 645. The minimum absolute atomic E-state index is 0.00341. The number of amides is 1. The topological polar surface area (TPSA) is 80.9 Å². The van der Waals surface area contributed by atoms with Crippen LogP contribution in [0.15, 0.2) is 4.52 Å². The lowest BCUT2D eigenvalue weighted by Crippen LogP contribution is -2.27. The van der Waals surface area contributed by atoms with Gasteiger partial charge in [0.1, 0.15) is 0 Å². The van der Waals surface area contributed by atoms with Gasteiger partial charge in [0.2, 0.25) is 11.8 Å². The minimum atomic E-state index is 0.00341. The largest absolute Gasteiger partial charge is 0.355 e. The highest BCUT2D eigenvalue weighted by molar-refractivity contribution is 7.11. The Morgan fingerprint density at radius 2 is 2.19 bits per heavy atom. The minimum Gasteiger partial charge on any atom is -0.355 e. The molecule has 2 aromatic heterocycles. The molecule has 0 aromatic carbocycles. The summed E-state index contributed by atoms with van der Waals surface area (Å²) in [7, 11) is 0. The fraction of sp³-hybridized carbons (Fsp3) is 0.571. The van der Waals surface area contributed by atoms with Crippen molar-refractivity contribution in [3.8, 4) is 0 Å². The fourth-order valence-corrected chi connectivity index (χ4v) is 3.07. The molecule has 1 N–H and O–H groups in total. The molecule has 0 radical (unpaired) electrons. The fourth-order valence-electron chi connectivity index (χ4n) is 2.13. The Hall–Kier alpha value is -1.76. The first-order valence-corrected chi connectivity index (χ1v) is 7.95. The second-order valence-electron chi connectivity index (χ2n) is 5.34. The summed E-state index contributed by atoms with van der Waals surface area (Å²) in [6.45, 7) is 4.40. The van der Waals surface area contributed by atoms with Crippen molar-refractivity contribution in [2.75, 3.05) is 6.54 Å². The highest BCUT2D eigenvalue weighted by Gasteiger charge is 2.28. The summed E-state index contributed by atoms with van der Waals surface area (Å²) in [5.41, 5.74) is 0.943. The van der Waals surface area contributed by atoms with Crippen molar-refractivity contribution in [3.05, 3.63) is 27.3 Å². The molecule has 6 nitrogen and oxygen atoms in total. The molecule has 0 unspecified atom stereocenters. The Morgan fingerprint density at radius 3 is 2.86 bits per heavy atom. The van der Waals surface area contributed by atoms with Crippen LogP contribution in [0.3, 0.4) is 0 Å². The van der Waals surface area contributed by atoms with Gasteiger partial charge < -0.3 is 9.84 Å². The van der Waals surface area contributed by atoms with Gasteiger partial charge in [0.25, 0.3) is 0 Å². The molecule has 3 rings (SSSR count). The number of aromatic nitrogens is 3. The SMILES string of the molecule is Cc1nc(C)c(CC(=O)NCCc2nc(C3CC3)no2)s1. The van der Waals surface area contributed by atoms with Gasteiger partial charge in [-0.25, -0.2) is 4.98 Å². The molecule has 2 aromatic rings. The molecule has 112 valence electrons. The molecule has 1 fully saturated rings. The number of carbonyl (C=O) groups is 1. The average molecular weight is 306 g/mol. The van der Waals surface area contributed by atoms with Crippen LogP contribution in [0.25, 0.3) is 0 Å². The second-order valence-corrected chi connectivity index (χ2v) is 6.63. The van der Waals surface area contributed by atoms with Gasteiger partial charge in [-0.1, -0.05) is 5.16 Å². The third kappa shape index (κ3) is 3.66. The molecule has 21 heavy (non-hydrogen) atoms. The molecular weight excluding hydrogens is 288 g/mol. The first kappa shape index (κ1) is 14.2. The molecular formula is C14H18N4O2S. The van der Waals surface area contributed by atoms with E-state index >= 15 is 0 Å². The Kier molecular flexibility index (Phi) is 4.01. The van der Waals surface area contributed by atoms with Crippen LogP contribution in [0, 0.1) is 13.8 Å². The zero-order chi connectivity index (χ0) is 14.8. The van der Waals surface area contributed by atoms with Crippen molar-refractivity contribution in [2.24, 2.45) is 0 Å². The van der Waals surface area contributed by atoms with Gasteiger partial charge in [-0.05, 0) is 26.7 Å². The maximum atomic E-state index is 11.9. The van der Waals surface area contributed by atoms with Gasteiger partial charge in [0.05, 0.1) is 17.1 Å². The lowest BCUT2D eigenvalue weighted by atomic mass is 10.3. The predicted molar refractivity (Wildman–Crippen MR) is 78.3 cm³/mol. The number of thiazole rings is 1. The van der Waals surface area contributed by atoms with E-state index in [1.165, 1.54) is 0 Å². The number of aryl methyl sites for hydroxylation is 2. The summed E-state index contributed by atoms with van der Waals surface area (Å²) in [6.07, 6.45) is 3.27. The van der Waals surface area contributed by atoms with E-state index in [1.54, 1.807) is 11.3 Å². The molecule has 1 amide bonds. The summed E-state index contributed by atoms with van der Waals surface area (Å²) in [6, 6.07) is 0. The number of nitrogens with zero attached hydrogens (tertiary/aromatic N) is 3. The number of nitrogens with one attached hydrogen (secondary N) is 1. The summed E-state index contributed by atoms with van der Waals surface area (Å²) >= 11 is 1.57. The molecule has 2 heterocycles. The third-order valence-electron chi connectivity index (χ3n) is 3.41. The van der Waals surface area contributed by atoms with Crippen LogP contribution >= 0.6 is 11.3 Å². The van der Waals surface area contributed by atoms with Crippen molar-refractivity contribution in [3.63, 3.8) is 0 Å². The highest BCUT2D eigenvalue weighted by Crippen LogP contribution is 2.38. The van der Waals surface area contributed by atoms with Gasteiger partial charge in [-0.2, -0.15) is 4.98 Å². The van der Waals surface area contributed by atoms with Gasteiger partial charge in [-0.15, -0.1) is 11.3 Å². The highest BCUT2D eigenvalue weighted by atomic mass is 32.1. The second kappa shape index (κ2) is 5.93. The van der Waals surface area contributed by atoms with E-state index in [-0.39, 0.29) is 5.91 Å². The van der Waals surface area contributed by atoms with E-state index < -0.39 is 0 Å². The van der Waals surface area contributed by atoms with Gasteiger partial charge in [0, 0.05) is 23.8 Å². The van der Waals surface area contributed by atoms with Crippen LogP contribution in [-0.2, 0) is 17.6 Å². The molecule has 0 atom stereocenters. The Balaban J connectivity index is 1.43. The van der Waals surface area contributed by atoms with E-state index in [1.807, 2.05) is 13.8 Å². The average Bonchev–Trinajstić information content (AvgIpc) is 3.09. The number of rotatable bonds is 6. The molecule has 1 aliphatic carbocycles. The first-order chi connectivity index (χ1) is 10.1. The monoisotopic (exact) mass is 306 g/mol. The van der Waals surface area contributed by atoms with Crippen LogP contribution in [0.4, 0.5) is 0 Å². The summed E-state index contributed by atoms with van der Waals surface area (Å²) in [5, 5.41) is 7.83. The van der Waals surface area contributed by atoms with Crippen LogP contribution in [-0.4, -0.2) is 27.6 Å². The normalized spacial score (nSPS) is 14.4. The molecule has 7 heteroatoms. The molecule has 1 aliphatic rings. The summed E-state index contributed by atoms with van der Waals surface area (Å²) < 4.78 is 5.17. The van der Waals surface area contributed by atoms with Crippen LogP contribution in [0.2, 0.25) is 0 Å². The molecule has 1 saturated carbocycles. The van der Waals surface area contributed by atoms with E-state index in [9.17, 15) is 4.79 Å². The maximum absolute atomic E-state index is 11.9. The molecule has 0 saturated heterocycles. The summed E-state index contributed by atoms with van der Waals surface area (Å²) in [4.78, 5) is 21.6. The number of carbonyl (C=O) groups excluding carboxylic acids is 1. The van der Waals surface area contributed by atoms with Crippen molar-refractivity contribution in [1.29, 1.82) is 0 Å². The molecule has 0 aliphatic heterocycles. The van der Waals surface area contributed by atoms with Crippen LogP contribution in [0.5, 0.6) is 0 Å². The van der Waals surface area contributed by atoms with Crippen LogP contribution < -0.4 is 5.32 Å². The van der Waals surface area contributed by atoms with Crippen molar-refractivity contribution < 1.29 is 9.32 Å². The third-order valence-corrected chi connectivity index (χ3v) is 4.48. The van der Waals surface area contributed by atoms with Gasteiger partial charge >= 0.3 is 0 Å². The van der Waals surface area contributed by atoms with E-state index in [4.69, 9.17) is 4.52 Å². The quantitative estimate of drug-likeness (QED) is 0.882. The smallest absolute Gasteiger partial charge is 0.228 e. The van der Waals surface area contributed by atoms with Gasteiger partial charge in [0.15, 0.2) is 5.82 Å². The van der Waals surface area contributed by atoms with E-state index in [0.717, 1.165) is 34.2 Å². The lowest BCUT2D eigenvalue weighted by Gasteiger charge is -2.02. The zero-order valence-corrected chi connectivity index (χ0v) is 13.0. The molecule has 0 spiro atoms. The number of hydrogen-bond acceptors (Lipinski definition) is 6. The Labute approximate surface area is 127 Å². The first-order valence-electron chi connectivity index (χ1n) is 7.14. The van der Waals surface area contributed by atoms with E-state index in [2.05, 4.69) is 20.4 Å². The maximum Gasteiger partial charge on any atom is 0.228 e. The standard InChI is InChI=1S/C14H18N4O2S/c1-8-11(21-9(2)16-8)7-12(19)15-6-5-13-17-14(18-20-13)10-3-4-10/h10H,3-7H2,1-2H3,(H,15,19). The number of hydrogen-bond donors (Lipinski definition) is 1. The lowest BCUT2D eigenvalue weighted by molar-refractivity contribution is -0.120.